The summed E-state index contributed by atoms with van der Waals surface area (Å²) in [5.74, 6) is 0.673. The standard InChI is InChI=1S/C11H19NO/c1-8(2)12-10(4)7-9(3)11(5)13-6/h7-8,12H,4-5H2,1-3,6H3/b9-7+. The quantitative estimate of drug-likeness (QED) is 0.520. The molecule has 0 saturated carbocycles. The zero-order valence-corrected chi connectivity index (χ0v) is 8.98. The van der Waals surface area contributed by atoms with Crippen LogP contribution in [0.25, 0.3) is 0 Å². The number of hydrogen-bond donors (Lipinski definition) is 1. The van der Waals surface area contributed by atoms with Crippen LogP contribution in [0.2, 0.25) is 0 Å². The second kappa shape index (κ2) is 5.46. The second-order valence-corrected chi connectivity index (χ2v) is 3.28. The van der Waals surface area contributed by atoms with Crippen LogP contribution in [-0.4, -0.2) is 13.2 Å². The molecule has 0 aliphatic carbocycles. The fourth-order valence-electron chi connectivity index (χ4n) is 0.915. The van der Waals surface area contributed by atoms with E-state index in [1.807, 2.05) is 13.0 Å². The second-order valence-electron chi connectivity index (χ2n) is 3.28. The topological polar surface area (TPSA) is 21.3 Å². The molecule has 0 fully saturated rings. The average Bonchev–Trinajstić information content (AvgIpc) is 2.01. The molecule has 0 unspecified atom stereocenters. The Bertz CT molecular complexity index is 226. The van der Waals surface area contributed by atoms with Crippen molar-refractivity contribution in [2.45, 2.75) is 26.8 Å². The minimum atomic E-state index is 0.396. The zero-order valence-electron chi connectivity index (χ0n) is 8.98. The lowest BCUT2D eigenvalue weighted by Crippen LogP contribution is -2.20. The van der Waals surface area contributed by atoms with Gasteiger partial charge in [0.25, 0.3) is 0 Å². The van der Waals surface area contributed by atoms with E-state index in [0.29, 0.717) is 11.8 Å². The number of methoxy groups -OCH3 is 1. The Hall–Kier alpha value is -1.18. The van der Waals surface area contributed by atoms with Crippen LogP contribution >= 0.6 is 0 Å². The third kappa shape index (κ3) is 5.12. The predicted octanol–water partition coefficient (Wildman–Crippen LogP) is 2.60. The molecule has 0 aromatic heterocycles. The average molecular weight is 181 g/mol. The van der Waals surface area contributed by atoms with Gasteiger partial charge in [-0.05, 0) is 32.4 Å². The lowest BCUT2D eigenvalue weighted by Gasteiger charge is -2.11. The van der Waals surface area contributed by atoms with Crippen LogP contribution in [0.4, 0.5) is 0 Å². The highest BCUT2D eigenvalue weighted by molar-refractivity contribution is 5.28. The molecule has 13 heavy (non-hydrogen) atoms. The molecule has 1 N–H and O–H groups in total. The summed E-state index contributed by atoms with van der Waals surface area (Å²) in [6, 6.07) is 0.396. The maximum atomic E-state index is 4.99. The number of hydrogen-bond acceptors (Lipinski definition) is 2. The van der Waals surface area contributed by atoms with Gasteiger partial charge in [0.05, 0.1) is 7.11 Å². The molecule has 0 heterocycles. The molecule has 0 aromatic carbocycles. The largest absolute Gasteiger partial charge is 0.497 e. The minimum absolute atomic E-state index is 0.396. The van der Waals surface area contributed by atoms with Crippen LogP contribution in [0.3, 0.4) is 0 Å². The van der Waals surface area contributed by atoms with E-state index >= 15 is 0 Å². The molecule has 0 bridgehead atoms. The van der Waals surface area contributed by atoms with Crippen molar-refractivity contribution in [3.63, 3.8) is 0 Å². The summed E-state index contributed by atoms with van der Waals surface area (Å²) in [6.07, 6.45) is 1.92. The van der Waals surface area contributed by atoms with Crippen molar-refractivity contribution in [3.8, 4) is 0 Å². The molecule has 2 nitrogen and oxygen atoms in total. The van der Waals surface area contributed by atoms with Gasteiger partial charge in [0.1, 0.15) is 5.76 Å². The van der Waals surface area contributed by atoms with Gasteiger partial charge in [0.2, 0.25) is 0 Å². The smallest absolute Gasteiger partial charge is 0.114 e. The van der Waals surface area contributed by atoms with Gasteiger partial charge in [-0.25, -0.2) is 0 Å². The van der Waals surface area contributed by atoms with Gasteiger partial charge in [-0.1, -0.05) is 13.2 Å². The van der Waals surface area contributed by atoms with E-state index in [4.69, 9.17) is 4.74 Å². The molecule has 2 heteroatoms. The maximum Gasteiger partial charge on any atom is 0.114 e. The first-order valence-corrected chi connectivity index (χ1v) is 4.34. The Kier molecular flexibility index (Phi) is 4.97. The fraction of sp³-hybridized carbons (Fsp3) is 0.455. The highest BCUT2D eigenvalue weighted by Gasteiger charge is 1.97. The number of allylic oxidation sites excluding steroid dienone is 2. The van der Waals surface area contributed by atoms with E-state index in [1.165, 1.54) is 0 Å². The van der Waals surface area contributed by atoms with Crippen molar-refractivity contribution in [2.75, 3.05) is 7.11 Å². The van der Waals surface area contributed by atoms with E-state index < -0.39 is 0 Å². The van der Waals surface area contributed by atoms with Crippen molar-refractivity contribution in [1.82, 2.24) is 5.32 Å². The Balaban J connectivity index is 4.22. The van der Waals surface area contributed by atoms with Gasteiger partial charge >= 0.3 is 0 Å². The van der Waals surface area contributed by atoms with Crippen molar-refractivity contribution < 1.29 is 4.74 Å². The van der Waals surface area contributed by atoms with E-state index in [2.05, 4.69) is 32.3 Å². The third-order valence-corrected chi connectivity index (χ3v) is 1.55. The summed E-state index contributed by atoms with van der Waals surface area (Å²) in [4.78, 5) is 0. The summed E-state index contributed by atoms with van der Waals surface area (Å²) >= 11 is 0. The van der Waals surface area contributed by atoms with Gasteiger partial charge in [-0.3, -0.25) is 0 Å². The van der Waals surface area contributed by atoms with Crippen molar-refractivity contribution in [1.29, 1.82) is 0 Å². The highest BCUT2D eigenvalue weighted by atomic mass is 16.5. The molecular weight excluding hydrogens is 162 g/mol. The lowest BCUT2D eigenvalue weighted by atomic mass is 10.2. The van der Waals surface area contributed by atoms with Gasteiger partial charge in [0, 0.05) is 11.7 Å². The van der Waals surface area contributed by atoms with Crippen LogP contribution in [0, 0.1) is 0 Å². The first-order valence-electron chi connectivity index (χ1n) is 4.34. The van der Waals surface area contributed by atoms with Crippen molar-refractivity contribution in [3.05, 3.63) is 36.3 Å². The molecule has 0 aliphatic heterocycles. The van der Waals surface area contributed by atoms with E-state index in [9.17, 15) is 0 Å². The molecule has 0 spiro atoms. The highest BCUT2D eigenvalue weighted by Crippen LogP contribution is 2.08. The van der Waals surface area contributed by atoms with Crippen LogP contribution in [0.15, 0.2) is 36.3 Å². The predicted molar refractivity (Wildman–Crippen MR) is 57.3 cm³/mol. The Morgan fingerprint density at radius 2 is 1.92 bits per heavy atom. The zero-order chi connectivity index (χ0) is 10.4. The molecular formula is C11H19NO. The summed E-state index contributed by atoms with van der Waals surface area (Å²) < 4.78 is 4.99. The summed E-state index contributed by atoms with van der Waals surface area (Å²) in [5.41, 5.74) is 1.87. The Labute approximate surface area is 81.0 Å². The molecule has 0 amide bonds. The van der Waals surface area contributed by atoms with E-state index in [1.54, 1.807) is 7.11 Å². The number of rotatable bonds is 5. The van der Waals surface area contributed by atoms with E-state index in [0.717, 1.165) is 11.3 Å². The SMILES string of the molecule is C=C(/C=C(\C)C(=C)OC)NC(C)C. The molecule has 0 radical (unpaired) electrons. The van der Waals surface area contributed by atoms with Gasteiger partial charge in [-0.2, -0.15) is 0 Å². The fourth-order valence-corrected chi connectivity index (χ4v) is 0.915. The number of ether oxygens (including phenoxy) is 1. The molecule has 74 valence electrons. The molecule has 0 rings (SSSR count). The van der Waals surface area contributed by atoms with E-state index in [-0.39, 0.29) is 0 Å². The molecule has 0 aromatic rings. The Morgan fingerprint density at radius 3 is 2.31 bits per heavy atom. The third-order valence-electron chi connectivity index (χ3n) is 1.55. The van der Waals surface area contributed by atoms with Crippen LogP contribution in [-0.2, 0) is 4.74 Å². The summed E-state index contributed by atoms with van der Waals surface area (Å²) in [6.45, 7) is 13.7. The van der Waals surface area contributed by atoms with Gasteiger partial charge in [0.15, 0.2) is 0 Å². The summed E-state index contributed by atoms with van der Waals surface area (Å²) in [7, 11) is 1.61. The monoisotopic (exact) mass is 181 g/mol. The van der Waals surface area contributed by atoms with Crippen LogP contribution in [0.5, 0.6) is 0 Å². The lowest BCUT2D eigenvalue weighted by molar-refractivity contribution is 0.302. The minimum Gasteiger partial charge on any atom is -0.497 e. The first kappa shape index (κ1) is 11.8. The molecule has 0 aliphatic rings. The normalized spacial score (nSPS) is 11.3. The van der Waals surface area contributed by atoms with Crippen molar-refractivity contribution in [2.24, 2.45) is 0 Å². The molecule has 0 atom stereocenters. The Morgan fingerprint density at radius 1 is 1.38 bits per heavy atom. The first-order chi connectivity index (χ1) is 5.97. The van der Waals surface area contributed by atoms with Crippen molar-refractivity contribution >= 4 is 0 Å². The van der Waals surface area contributed by atoms with Crippen LogP contribution in [0.1, 0.15) is 20.8 Å². The van der Waals surface area contributed by atoms with Gasteiger partial charge < -0.3 is 10.1 Å². The number of nitrogens with one attached hydrogen (secondary N) is 1. The maximum absolute atomic E-state index is 4.99. The molecule has 0 saturated heterocycles. The van der Waals surface area contributed by atoms with Crippen LogP contribution < -0.4 is 5.32 Å². The van der Waals surface area contributed by atoms with Gasteiger partial charge in [-0.15, -0.1) is 0 Å². The summed E-state index contributed by atoms with van der Waals surface area (Å²) in [5, 5.41) is 3.19.